The van der Waals surface area contributed by atoms with E-state index in [1.54, 1.807) is 0 Å². The molecule has 2 aromatic rings. The van der Waals surface area contributed by atoms with Crippen molar-refractivity contribution in [3.05, 3.63) is 65.0 Å². The lowest BCUT2D eigenvalue weighted by Gasteiger charge is -2.12. The molecule has 0 fully saturated rings. The van der Waals surface area contributed by atoms with Gasteiger partial charge in [0.2, 0.25) is 0 Å². The maximum absolute atomic E-state index is 12.9. The third kappa shape index (κ3) is 3.10. The van der Waals surface area contributed by atoms with Gasteiger partial charge in [-0.25, -0.2) is 4.39 Å². The molecule has 2 aromatic carbocycles. The SMILES string of the molecule is CCNc1ccc(C)cc1Cc1ccc(F)cc1. The van der Waals surface area contributed by atoms with Crippen molar-refractivity contribution >= 4 is 5.69 Å². The monoisotopic (exact) mass is 243 g/mol. The predicted molar refractivity (Wildman–Crippen MR) is 74.5 cm³/mol. The van der Waals surface area contributed by atoms with Crippen LogP contribution in [0.2, 0.25) is 0 Å². The molecule has 0 aliphatic carbocycles. The molecule has 2 rings (SSSR count). The summed E-state index contributed by atoms with van der Waals surface area (Å²) >= 11 is 0. The molecule has 0 atom stereocenters. The number of benzene rings is 2. The molecule has 0 unspecified atom stereocenters. The second kappa shape index (κ2) is 5.67. The Kier molecular flexibility index (Phi) is 3.98. The lowest BCUT2D eigenvalue weighted by molar-refractivity contribution is 0.627. The Balaban J connectivity index is 2.26. The highest BCUT2D eigenvalue weighted by Gasteiger charge is 2.03. The average Bonchev–Trinajstić information content (AvgIpc) is 2.36. The Bertz CT molecular complexity index is 517. The molecular formula is C16H18FN. The fourth-order valence-electron chi connectivity index (χ4n) is 2.05. The number of rotatable bonds is 4. The summed E-state index contributed by atoms with van der Waals surface area (Å²) in [4.78, 5) is 0. The van der Waals surface area contributed by atoms with Crippen molar-refractivity contribution in [2.75, 3.05) is 11.9 Å². The van der Waals surface area contributed by atoms with Crippen LogP contribution in [0.5, 0.6) is 0 Å². The zero-order valence-electron chi connectivity index (χ0n) is 10.8. The van der Waals surface area contributed by atoms with Crippen molar-refractivity contribution in [3.63, 3.8) is 0 Å². The summed E-state index contributed by atoms with van der Waals surface area (Å²) in [6, 6.07) is 13.1. The Morgan fingerprint density at radius 3 is 2.44 bits per heavy atom. The van der Waals surface area contributed by atoms with E-state index in [0.29, 0.717) is 0 Å². The maximum Gasteiger partial charge on any atom is 0.123 e. The molecule has 1 N–H and O–H groups in total. The topological polar surface area (TPSA) is 12.0 Å². The zero-order valence-corrected chi connectivity index (χ0v) is 10.8. The first-order chi connectivity index (χ1) is 8.69. The molecule has 18 heavy (non-hydrogen) atoms. The minimum Gasteiger partial charge on any atom is -0.385 e. The minimum absolute atomic E-state index is 0.185. The number of halogens is 1. The van der Waals surface area contributed by atoms with Gasteiger partial charge in [-0.05, 0) is 49.6 Å². The Morgan fingerprint density at radius 2 is 1.78 bits per heavy atom. The minimum atomic E-state index is -0.185. The quantitative estimate of drug-likeness (QED) is 0.850. The third-order valence-corrected chi connectivity index (χ3v) is 2.94. The standard InChI is InChI=1S/C16H18FN/c1-3-18-16-9-4-12(2)10-14(16)11-13-5-7-15(17)8-6-13/h4-10,18H,3,11H2,1-2H3. The number of anilines is 1. The van der Waals surface area contributed by atoms with E-state index in [-0.39, 0.29) is 5.82 Å². The van der Waals surface area contributed by atoms with Gasteiger partial charge >= 0.3 is 0 Å². The fourth-order valence-corrected chi connectivity index (χ4v) is 2.05. The normalized spacial score (nSPS) is 10.4. The van der Waals surface area contributed by atoms with E-state index in [2.05, 4.69) is 37.4 Å². The highest BCUT2D eigenvalue weighted by Crippen LogP contribution is 2.21. The molecular weight excluding hydrogens is 225 g/mol. The fraction of sp³-hybridized carbons (Fsp3) is 0.250. The van der Waals surface area contributed by atoms with Crippen molar-refractivity contribution in [1.29, 1.82) is 0 Å². The largest absolute Gasteiger partial charge is 0.385 e. The van der Waals surface area contributed by atoms with Gasteiger partial charge in [0, 0.05) is 12.2 Å². The van der Waals surface area contributed by atoms with Crippen LogP contribution in [0.25, 0.3) is 0 Å². The summed E-state index contributed by atoms with van der Waals surface area (Å²) < 4.78 is 12.9. The van der Waals surface area contributed by atoms with Crippen LogP contribution >= 0.6 is 0 Å². The summed E-state index contributed by atoms with van der Waals surface area (Å²) in [5, 5.41) is 3.36. The predicted octanol–water partition coefficient (Wildman–Crippen LogP) is 4.16. The van der Waals surface area contributed by atoms with Crippen molar-refractivity contribution in [2.45, 2.75) is 20.3 Å². The molecule has 0 amide bonds. The van der Waals surface area contributed by atoms with Crippen LogP contribution in [-0.4, -0.2) is 6.54 Å². The van der Waals surface area contributed by atoms with E-state index in [0.717, 1.165) is 24.2 Å². The summed E-state index contributed by atoms with van der Waals surface area (Å²) in [6.45, 7) is 5.07. The third-order valence-electron chi connectivity index (χ3n) is 2.94. The van der Waals surface area contributed by atoms with Crippen LogP contribution in [0.15, 0.2) is 42.5 Å². The van der Waals surface area contributed by atoms with Gasteiger partial charge in [-0.1, -0.05) is 29.8 Å². The molecule has 0 spiro atoms. The molecule has 0 saturated carbocycles. The second-order valence-corrected chi connectivity index (χ2v) is 4.49. The Morgan fingerprint density at radius 1 is 1.06 bits per heavy atom. The van der Waals surface area contributed by atoms with E-state index in [1.165, 1.54) is 23.3 Å². The van der Waals surface area contributed by atoms with Gasteiger partial charge in [0.1, 0.15) is 5.82 Å². The highest BCUT2D eigenvalue weighted by atomic mass is 19.1. The molecule has 0 aromatic heterocycles. The zero-order chi connectivity index (χ0) is 13.0. The first-order valence-electron chi connectivity index (χ1n) is 6.27. The summed E-state index contributed by atoms with van der Waals surface area (Å²) in [5.74, 6) is -0.185. The van der Waals surface area contributed by atoms with E-state index in [1.807, 2.05) is 12.1 Å². The van der Waals surface area contributed by atoms with Crippen LogP contribution in [0.4, 0.5) is 10.1 Å². The van der Waals surface area contributed by atoms with Gasteiger partial charge in [-0.3, -0.25) is 0 Å². The van der Waals surface area contributed by atoms with Gasteiger partial charge in [-0.15, -0.1) is 0 Å². The van der Waals surface area contributed by atoms with Gasteiger partial charge in [0.25, 0.3) is 0 Å². The first kappa shape index (κ1) is 12.6. The number of hydrogen-bond donors (Lipinski definition) is 1. The van der Waals surface area contributed by atoms with Gasteiger partial charge < -0.3 is 5.32 Å². The summed E-state index contributed by atoms with van der Waals surface area (Å²) in [6.07, 6.45) is 0.824. The molecule has 94 valence electrons. The van der Waals surface area contributed by atoms with E-state index in [9.17, 15) is 4.39 Å². The number of hydrogen-bond acceptors (Lipinski definition) is 1. The molecule has 1 nitrogen and oxygen atoms in total. The van der Waals surface area contributed by atoms with Crippen LogP contribution < -0.4 is 5.32 Å². The molecule has 0 saturated heterocycles. The second-order valence-electron chi connectivity index (χ2n) is 4.49. The summed E-state index contributed by atoms with van der Waals surface area (Å²) in [7, 11) is 0. The summed E-state index contributed by atoms with van der Waals surface area (Å²) in [5.41, 5.74) is 4.78. The smallest absolute Gasteiger partial charge is 0.123 e. The maximum atomic E-state index is 12.9. The van der Waals surface area contributed by atoms with Gasteiger partial charge in [-0.2, -0.15) is 0 Å². The molecule has 0 aliphatic rings. The Hall–Kier alpha value is -1.83. The van der Waals surface area contributed by atoms with Crippen molar-refractivity contribution in [3.8, 4) is 0 Å². The van der Waals surface area contributed by atoms with Crippen molar-refractivity contribution in [1.82, 2.24) is 0 Å². The van der Waals surface area contributed by atoms with Crippen molar-refractivity contribution in [2.24, 2.45) is 0 Å². The van der Waals surface area contributed by atoms with Gasteiger partial charge in [0.15, 0.2) is 0 Å². The number of nitrogens with one attached hydrogen (secondary N) is 1. The van der Waals surface area contributed by atoms with E-state index >= 15 is 0 Å². The van der Waals surface area contributed by atoms with E-state index in [4.69, 9.17) is 0 Å². The first-order valence-corrected chi connectivity index (χ1v) is 6.27. The lowest BCUT2D eigenvalue weighted by Crippen LogP contribution is -2.02. The Labute approximate surface area is 108 Å². The molecule has 0 heterocycles. The highest BCUT2D eigenvalue weighted by molar-refractivity contribution is 5.54. The molecule has 0 bridgehead atoms. The number of aryl methyl sites for hydroxylation is 1. The van der Waals surface area contributed by atoms with Crippen molar-refractivity contribution < 1.29 is 4.39 Å². The van der Waals surface area contributed by atoms with Crippen LogP contribution in [0.1, 0.15) is 23.6 Å². The lowest BCUT2D eigenvalue weighted by atomic mass is 10.0. The van der Waals surface area contributed by atoms with Crippen LogP contribution in [0.3, 0.4) is 0 Å². The molecule has 2 heteroatoms. The van der Waals surface area contributed by atoms with Crippen LogP contribution in [0, 0.1) is 12.7 Å². The van der Waals surface area contributed by atoms with Crippen LogP contribution in [-0.2, 0) is 6.42 Å². The van der Waals surface area contributed by atoms with E-state index < -0.39 is 0 Å². The molecule has 0 radical (unpaired) electrons. The average molecular weight is 243 g/mol. The molecule has 0 aliphatic heterocycles. The van der Waals surface area contributed by atoms with Gasteiger partial charge in [0.05, 0.1) is 0 Å².